The van der Waals surface area contributed by atoms with Gasteiger partial charge in [0.1, 0.15) is 0 Å². The molecule has 3 nitrogen and oxygen atoms in total. The highest BCUT2D eigenvalue weighted by Crippen LogP contribution is 2.24. The summed E-state index contributed by atoms with van der Waals surface area (Å²) in [6.45, 7) is 0. The summed E-state index contributed by atoms with van der Waals surface area (Å²) in [5.41, 5.74) is 7.48. The lowest BCUT2D eigenvalue weighted by atomic mass is 10.2. The average Bonchev–Trinajstić information content (AvgIpc) is 2.32. The molecule has 0 bridgehead atoms. The van der Waals surface area contributed by atoms with E-state index in [0.717, 1.165) is 8.95 Å². The van der Waals surface area contributed by atoms with E-state index < -0.39 is 0 Å². The molecule has 0 saturated heterocycles. The molecule has 2 aromatic rings. The van der Waals surface area contributed by atoms with E-state index in [1.165, 1.54) is 0 Å². The first-order valence-electron chi connectivity index (χ1n) is 5.19. The Morgan fingerprint density at radius 2 is 1.83 bits per heavy atom. The number of amides is 1. The molecule has 0 heterocycles. The van der Waals surface area contributed by atoms with E-state index >= 15 is 0 Å². The summed E-state index contributed by atoms with van der Waals surface area (Å²) >= 11 is 6.70. The van der Waals surface area contributed by atoms with Crippen LogP contribution in [0.25, 0.3) is 0 Å². The number of nitrogens with one attached hydrogen (secondary N) is 1. The summed E-state index contributed by atoms with van der Waals surface area (Å²) in [6.07, 6.45) is 0. The van der Waals surface area contributed by atoms with Crippen molar-refractivity contribution in [1.29, 1.82) is 0 Å². The Kier molecular flexibility index (Phi) is 4.04. The summed E-state index contributed by atoms with van der Waals surface area (Å²) in [6, 6.07) is 12.5. The van der Waals surface area contributed by atoms with Crippen LogP contribution < -0.4 is 11.1 Å². The number of halogens is 2. The van der Waals surface area contributed by atoms with Gasteiger partial charge in [-0.15, -0.1) is 0 Å². The van der Waals surface area contributed by atoms with Crippen molar-refractivity contribution in [2.24, 2.45) is 0 Å². The van der Waals surface area contributed by atoms with Gasteiger partial charge in [-0.05, 0) is 46.3 Å². The molecule has 92 valence electrons. The van der Waals surface area contributed by atoms with Gasteiger partial charge in [0, 0.05) is 8.95 Å². The van der Waals surface area contributed by atoms with Crippen LogP contribution in [0.5, 0.6) is 0 Å². The highest BCUT2D eigenvalue weighted by molar-refractivity contribution is 9.11. The normalized spacial score (nSPS) is 10.1. The number of nitrogens with two attached hydrogens (primary N) is 1. The Hall–Kier alpha value is -1.33. The molecule has 2 aromatic carbocycles. The first-order chi connectivity index (χ1) is 8.58. The van der Waals surface area contributed by atoms with Crippen LogP contribution in [0.1, 0.15) is 10.4 Å². The Bertz CT molecular complexity index is 599. The average molecular weight is 370 g/mol. The fourth-order valence-electron chi connectivity index (χ4n) is 1.47. The van der Waals surface area contributed by atoms with Crippen molar-refractivity contribution in [3.05, 3.63) is 57.0 Å². The van der Waals surface area contributed by atoms with Crippen LogP contribution in [-0.2, 0) is 0 Å². The quantitative estimate of drug-likeness (QED) is 0.784. The van der Waals surface area contributed by atoms with Gasteiger partial charge >= 0.3 is 0 Å². The second-order valence-corrected chi connectivity index (χ2v) is 5.44. The number of anilines is 2. The maximum Gasteiger partial charge on any atom is 0.256 e. The van der Waals surface area contributed by atoms with Gasteiger partial charge in [-0.25, -0.2) is 0 Å². The minimum atomic E-state index is -0.202. The number of carbonyl (C=O) groups is 1. The van der Waals surface area contributed by atoms with E-state index in [1.54, 1.807) is 18.2 Å². The number of hydrogen-bond donors (Lipinski definition) is 2. The number of carbonyl (C=O) groups excluding carboxylic acids is 1. The molecule has 0 aliphatic carbocycles. The third-order valence-electron chi connectivity index (χ3n) is 2.38. The molecule has 5 heteroatoms. The van der Waals surface area contributed by atoms with Gasteiger partial charge in [0.05, 0.1) is 16.9 Å². The van der Waals surface area contributed by atoms with Crippen LogP contribution in [-0.4, -0.2) is 5.91 Å². The summed E-state index contributed by atoms with van der Waals surface area (Å²) in [4.78, 5) is 12.1. The van der Waals surface area contributed by atoms with E-state index in [0.29, 0.717) is 16.9 Å². The number of rotatable bonds is 2. The minimum absolute atomic E-state index is 0.202. The lowest BCUT2D eigenvalue weighted by Gasteiger charge is -2.09. The number of benzene rings is 2. The van der Waals surface area contributed by atoms with Gasteiger partial charge in [0.15, 0.2) is 0 Å². The number of nitrogen functional groups attached to an aromatic ring is 1. The standard InChI is InChI=1S/C13H10Br2N2O/c14-8-5-6-9(10(15)7-8)13(18)17-12-4-2-1-3-11(12)16/h1-7H,16H2,(H,17,18). The number of hydrogen-bond acceptors (Lipinski definition) is 2. The molecule has 0 spiro atoms. The molecular weight excluding hydrogens is 360 g/mol. The van der Waals surface area contributed by atoms with Crippen LogP contribution in [0, 0.1) is 0 Å². The van der Waals surface area contributed by atoms with Crippen LogP contribution >= 0.6 is 31.9 Å². The van der Waals surface area contributed by atoms with Crippen LogP contribution in [0.3, 0.4) is 0 Å². The summed E-state index contributed by atoms with van der Waals surface area (Å²) < 4.78 is 1.63. The zero-order valence-electron chi connectivity index (χ0n) is 9.28. The zero-order valence-corrected chi connectivity index (χ0v) is 12.5. The molecule has 3 N–H and O–H groups in total. The fraction of sp³-hybridized carbons (Fsp3) is 0. The maximum absolute atomic E-state index is 12.1. The predicted octanol–water partition coefficient (Wildman–Crippen LogP) is 4.05. The molecule has 0 radical (unpaired) electrons. The van der Waals surface area contributed by atoms with Crippen molar-refractivity contribution >= 4 is 49.1 Å². The first-order valence-corrected chi connectivity index (χ1v) is 6.77. The number of para-hydroxylation sites is 2. The van der Waals surface area contributed by atoms with E-state index in [4.69, 9.17) is 5.73 Å². The van der Waals surface area contributed by atoms with Crippen molar-refractivity contribution in [3.8, 4) is 0 Å². The van der Waals surface area contributed by atoms with Crippen LogP contribution in [0.2, 0.25) is 0 Å². The SMILES string of the molecule is Nc1ccccc1NC(=O)c1ccc(Br)cc1Br. The van der Waals surface area contributed by atoms with Crippen molar-refractivity contribution < 1.29 is 4.79 Å². The van der Waals surface area contributed by atoms with Crippen molar-refractivity contribution in [2.75, 3.05) is 11.1 Å². The molecule has 0 atom stereocenters. The largest absolute Gasteiger partial charge is 0.397 e. The third kappa shape index (κ3) is 2.91. The minimum Gasteiger partial charge on any atom is -0.397 e. The van der Waals surface area contributed by atoms with Crippen LogP contribution in [0.15, 0.2) is 51.4 Å². The highest BCUT2D eigenvalue weighted by Gasteiger charge is 2.11. The Morgan fingerprint density at radius 1 is 1.11 bits per heavy atom. The molecule has 0 unspecified atom stereocenters. The lowest BCUT2D eigenvalue weighted by Crippen LogP contribution is -2.13. The van der Waals surface area contributed by atoms with Crippen molar-refractivity contribution in [1.82, 2.24) is 0 Å². The maximum atomic E-state index is 12.1. The van der Waals surface area contributed by atoms with Crippen molar-refractivity contribution in [2.45, 2.75) is 0 Å². The first kappa shape index (κ1) is 13.1. The molecule has 0 aliphatic heterocycles. The van der Waals surface area contributed by atoms with Gasteiger partial charge in [0.2, 0.25) is 0 Å². The summed E-state index contributed by atoms with van der Waals surface area (Å²) in [5, 5.41) is 2.78. The Morgan fingerprint density at radius 3 is 2.50 bits per heavy atom. The third-order valence-corrected chi connectivity index (χ3v) is 3.53. The monoisotopic (exact) mass is 368 g/mol. The molecule has 0 fully saturated rings. The molecular formula is C13H10Br2N2O. The van der Waals surface area contributed by atoms with Crippen molar-refractivity contribution in [3.63, 3.8) is 0 Å². The van der Waals surface area contributed by atoms with Crippen LogP contribution in [0.4, 0.5) is 11.4 Å². The van der Waals surface area contributed by atoms with Gasteiger partial charge < -0.3 is 11.1 Å². The summed E-state index contributed by atoms with van der Waals surface area (Å²) in [5.74, 6) is -0.202. The van der Waals surface area contributed by atoms with E-state index in [1.807, 2.05) is 24.3 Å². The molecule has 0 aliphatic rings. The van der Waals surface area contributed by atoms with E-state index in [9.17, 15) is 4.79 Å². The topological polar surface area (TPSA) is 55.1 Å². The van der Waals surface area contributed by atoms with Gasteiger partial charge in [0.25, 0.3) is 5.91 Å². The van der Waals surface area contributed by atoms with Gasteiger partial charge in [-0.1, -0.05) is 28.1 Å². The second-order valence-electron chi connectivity index (χ2n) is 3.67. The Labute approximate surface area is 122 Å². The summed E-state index contributed by atoms with van der Waals surface area (Å²) in [7, 11) is 0. The highest BCUT2D eigenvalue weighted by atomic mass is 79.9. The molecule has 2 rings (SSSR count). The smallest absolute Gasteiger partial charge is 0.256 e. The van der Waals surface area contributed by atoms with Gasteiger partial charge in [-0.3, -0.25) is 4.79 Å². The molecule has 0 aromatic heterocycles. The van der Waals surface area contributed by atoms with E-state index in [2.05, 4.69) is 37.2 Å². The fourth-order valence-corrected chi connectivity index (χ4v) is 2.70. The molecule has 1 amide bonds. The predicted molar refractivity (Wildman–Crippen MR) is 80.6 cm³/mol. The molecule has 0 saturated carbocycles. The molecule has 18 heavy (non-hydrogen) atoms. The zero-order chi connectivity index (χ0) is 13.1. The lowest BCUT2D eigenvalue weighted by molar-refractivity contribution is 0.102. The van der Waals surface area contributed by atoms with Gasteiger partial charge in [-0.2, -0.15) is 0 Å². The van der Waals surface area contributed by atoms with E-state index in [-0.39, 0.29) is 5.91 Å². The Balaban J connectivity index is 2.25. The second kappa shape index (κ2) is 5.54.